The number of ether oxygens (including phenoxy) is 4. The lowest BCUT2D eigenvalue weighted by atomic mass is 10.1. The Morgan fingerprint density at radius 1 is 0.644 bits per heavy atom. The maximum absolute atomic E-state index is 13.4. The molecular formula is C35H36N4O6. The molecule has 2 atom stereocenters. The van der Waals surface area contributed by atoms with E-state index in [2.05, 4.69) is 10.6 Å². The second kappa shape index (κ2) is 13.7. The first-order chi connectivity index (χ1) is 22.0. The first-order valence-corrected chi connectivity index (χ1v) is 14.8. The Balaban J connectivity index is 1.24. The zero-order valence-electron chi connectivity index (χ0n) is 25.3. The van der Waals surface area contributed by atoms with E-state index in [-0.39, 0.29) is 24.9 Å². The lowest BCUT2D eigenvalue weighted by Crippen LogP contribution is -2.52. The minimum atomic E-state index is -0.502. The van der Waals surface area contributed by atoms with Gasteiger partial charge in [-0.15, -0.1) is 0 Å². The fourth-order valence-electron chi connectivity index (χ4n) is 5.81. The summed E-state index contributed by atoms with van der Waals surface area (Å²) in [7, 11) is 3.14. The van der Waals surface area contributed by atoms with Crippen molar-refractivity contribution < 1.29 is 28.5 Å². The number of benzene rings is 4. The van der Waals surface area contributed by atoms with Crippen LogP contribution >= 0.6 is 0 Å². The van der Waals surface area contributed by atoms with Crippen molar-refractivity contribution in [2.24, 2.45) is 0 Å². The molecule has 6 rings (SSSR count). The fourth-order valence-corrected chi connectivity index (χ4v) is 5.81. The minimum Gasteiger partial charge on any atom is -0.495 e. The van der Waals surface area contributed by atoms with Gasteiger partial charge in [0.2, 0.25) is 11.8 Å². The third kappa shape index (κ3) is 6.72. The van der Waals surface area contributed by atoms with E-state index >= 15 is 0 Å². The predicted octanol–water partition coefficient (Wildman–Crippen LogP) is 5.40. The van der Waals surface area contributed by atoms with E-state index in [0.29, 0.717) is 42.5 Å². The Labute approximate surface area is 262 Å². The number of carbonyl (C=O) groups is 2. The van der Waals surface area contributed by atoms with Gasteiger partial charge in [0, 0.05) is 28.9 Å². The van der Waals surface area contributed by atoms with E-state index in [9.17, 15) is 9.59 Å². The van der Waals surface area contributed by atoms with Crippen LogP contribution in [0.25, 0.3) is 0 Å². The number of amides is 2. The van der Waals surface area contributed by atoms with Crippen molar-refractivity contribution in [1.29, 1.82) is 0 Å². The predicted molar refractivity (Wildman–Crippen MR) is 173 cm³/mol. The second-order valence-electron chi connectivity index (χ2n) is 10.8. The van der Waals surface area contributed by atoms with Crippen LogP contribution in [0.3, 0.4) is 0 Å². The summed E-state index contributed by atoms with van der Waals surface area (Å²) in [6, 6.07) is 30.4. The van der Waals surface area contributed by atoms with E-state index in [1.807, 2.05) is 82.6 Å². The van der Waals surface area contributed by atoms with E-state index in [1.54, 1.807) is 38.5 Å². The molecule has 4 aromatic rings. The largest absolute Gasteiger partial charge is 0.495 e. The smallest absolute Gasteiger partial charge is 0.244 e. The Morgan fingerprint density at radius 3 is 1.49 bits per heavy atom. The van der Waals surface area contributed by atoms with Gasteiger partial charge in [0.1, 0.15) is 24.0 Å². The summed E-state index contributed by atoms with van der Waals surface area (Å²) in [5.41, 5.74) is 4.99. The SMILES string of the molecule is COc1ccccc1NC(=O)CN1c2ccccc2COC1CC1OCc2ccccc2N1CC(=O)Nc1ccccc1OC. The molecule has 0 saturated heterocycles. The summed E-state index contributed by atoms with van der Waals surface area (Å²) in [5.74, 6) is 0.725. The molecule has 232 valence electrons. The van der Waals surface area contributed by atoms with Crippen LogP contribution in [0.4, 0.5) is 22.7 Å². The highest BCUT2D eigenvalue weighted by Crippen LogP contribution is 2.36. The van der Waals surface area contributed by atoms with Gasteiger partial charge in [-0.2, -0.15) is 0 Å². The number of carbonyl (C=O) groups excluding carboxylic acids is 2. The summed E-state index contributed by atoms with van der Waals surface area (Å²) < 4.78 is 23.6. The van der Waals surface area contributed by atoms with Crippen LogP contribution in [0.2, 0.25) is 0 Å². The molecule has 45 heavy (non-hydrogen) atoms. The molecule has 0 fully saturated rings. The van der Waals surface area contributed by atoms with Gasteiger partial charge in [-0.3, -0.25) is 9.59 Å². The van der Waals surface area contributed by atoms with Crippen molar-refractivity contribution in [1.82, 2.24) is 0 Å². The quantitative estimate of drug-likeness (QED) is 0.247. The average Bonchev–Trinajstić information content (AvgIpc) is 3.07. The molecule has 0 saturated carbocycles. The van der Waals surface area contributed by atoms with Crippen LogP contribution < -0.4 is 29.9 Å². The van der Waals surface area contributed by atoms with Crippen LogP contribution in [-0.2, 0) is 32.3 Å². The van der Waals surface area contributed by atoms with Gasteiger partial charge in [-0.1, -0.05) is 60.7 Å². The summed E-state index contributed by atoms with van der Waals surface area (Å²) in [5, 5.41) is 5.96. The molecular weight excluding hydrogens is 572 g/mol. The number of hydrogen-bond donors (Lipinski definition) is 2. The number of anilines is 4. The summed E-state index contributed by atoms with van der Waals surface area (Å²) in [4.78, 5) is 30.8. The van der Waals surface area contributed by atoms with E-state index < -0.39 is 12.5 Å². The second-order valence-corrected chi connectivity index (χ2v) is 10.8. The third-order valence-corrected chi connectivity index (χ3v) is 7.95. The first kappa shape index (κ1) is 30.0. The highest BCUT2D eigenvalue weighted by atomic mass is 16.5. The maximum atomic E-state index is 13.4. The summed E-state index contributed by atoms with van der Waals surface area (Å²) in [6.45, 7) is 0.862. The highest BCUT2D eigenvalue weighted by Gasteiger charge is 2.36. The number of nitrogens with zero attached hydrogens (tertiary/aromatic N) is 2. The van der Waals surface area contributed by atoms with Gasteiger partial charge in [0.25, 0.3) is 0 Å². The van der Waals surface area contributed by atoms with Crippen molar-refractivity contribution in [3.05, 3.63) is 108 Å². The first-order valence-electron chi connectivity index (χ1n) is 14.8. The van der Waals surface area contributed by atoms with Crippen molar-refractivity contribution >= 4 is 34.6 Å². The Morgan fingerprint density at radius 2 is 1.04 bits per heavy atom. The number of nitrogens with one attached hydrogen (secondary N) is 2. The number of para-hydroxylation sites is 6. The molecule has 10 nitrogen and oxygen atoms in total. The van der Waals surface area contributed by atoms with Crippen LogP contribution in [0, 0.1) is 0 Å². The van der Waals surface area contributed by atoms with Crippen LogP contribution in [0.1, 0.15) is 17.5 Å². The van der Waals surface area contributed by atoms with Crippen LogP contribution in [0.5, 0.6) is 11.5 Å². The Kier molecular flexibility index (Phi) is 9.14. The standard InChI is InChI=1S/C35H36N4O6/c1-42-30-17-9-5-13-26(30)36-32(40)20-38-28-15-7-3-11-24(28)22-44-34(38)19-35-39(29-16-8-4-12-25(29)23-45-35)21-33(41)37-27-14-6-10-18-31(27)43-2/h3-18,34-35H,19-23H2,1-2H3,(H,36,40)(H,37,41). The average molecular weight is 609 g/mol. The van der Waals surface area contributed by atoms with Crippen molar-refractivity contribution in [2.75, 3.05) is 47.7 Å². The summed E-state index contributed by atoms with van der Waals surface area (Å²) >= 11 is 0. The molecule has 0 aliphatic carbocycles. The number of rotatable bonds is 10. The molecule has 10 heteroatoms. The summed E-state index contributed by atoms with van der Waals surface area (Å²) in [6.07, 6.45) is -0.622. The molecule has 2 unspecified atom stereocenters. The van der Waals surface area contributed by atoms with Crippen molar-refractivity contribution in [3.8, 4) is 11.5 Å². The van der Waals surface area contributed by atoms with Crippen molar-refractivity contribution in [2.45, 2.75) is 32.1 Å². The van der Waals surface area contributed by atoms with E-state index in [0.717, 1.165) is 22.5 Å². The molecule has 2 amide bonds. The highest BCUT2D eigenvalue weighted by molar-refractivity contribution is 5.96. The number of methoxy groups -OCH3 is 2. The molecule has 0 bridgehead atoms. The van der Waals surface area contributed by atoms with Crippen LogP contribution in [-0.4, -0.2) is 51.6 Å². The minimum absolute atomic E-state index is 0.0390. The molecule has 2 N–H and O–H groups in total. The number of hydrogen-bond acceptors (Lipinski definition) is 8. The molecule has 2 heterocycles. The Hall–Kier alpha value is -5.06. The maximum Gasteiger partial charge on any atom is 0.244 e. The number of fused-ring (bicyclic) bond motifs is 2. The monoisotopic (exact) mass is 608 g/mol. The Bertz CT molecular complexity index is 1540. The topological polar surface area (TPSA) is 102 Å². The van der Waals surface area contributed by atoms with Crippen molar-refractivity contribution in [3.63, 3.8) is 0 Å². The third-order valence-electron chi connectivity index (χ3n) is 7.95. The van der Waals surface area contributed by atoms with Gasteiger partial charge < -0.3 is 39.4 Å². The van der Waals surface area contributed by atoms with Gasteiger partial charge in [-0.25, -0.2) is 0 Å². The normalized spacial score (nSPS) is 17.1. The molecule has 2 aliphatic rings. The molecule has 0 aromatic heterocycles. The van der Waals surface area contributed by atoms with Gasteiger partial charge in [0.05, 0.1) is 51.9 Å². The zero-order chi connectivity index (χ0) is 31.2. The molecule has 4 aromatic carbocycles. The van der Waals surface area contributed by atoms with Crippen LogP contribution in [0.15, 0.2) is 97.1 Å². The van der Waals surface area contributed by atoms with Gasteiger partial charge >= 0.3 is 0 Å². The van der Waals surface area contributed by atoms with Gasteiger partial charge in [-0.05, 0) is 36.4 Å². The zero-order valence-corrected chi connectivity index (χ0v) is 25.3. The lowest BCUT2D eigenvalue weighted by Gasteiger charge is -2.43. The van der Waals surface area contributed by atoms with E-state index in [4.69, 9.17) is 18.9 Å². The van der Waals surface area contributed by atoms with E-state index in [1.165, 1.54) is 0 Å². The fraction of sp³-hybridized carbons (Fsp3) is 0.257. The molecule has 2 aliphatic heterocycles. The lowest BCUT2D eigenvalue weighted by molar-refractivity contribution is -0.116. The molecule has 0 radical (unpaired) electrons. The van der Waals surface area contributed by atoms with Gasteiger partial charge in [0.15, 0.2) is 0 Å². The molecule has 0 spiro atoms.